The lowest BCUT2D eigenvalue weighted by atomic mass is 10.3. The van der Waals surface area contributed by atoms with Gasteiger partial charge in [-0.3, -0.25) is 4.79 Å². The molecule has 1 amide bonds. The zero-order valence-corrected chi connectivity index (χ0v) is 15.6. The van der Waals surface area contributed by atoms with Gasteiger partial charge < -0.3 is 14.8 Å². The van der Waals surface area contributed by atoms with Gasteiger partial charge in [0.1, 0.15) is 0 Å². The molecule has 0 atom stereocenters. The Labute approximate surface area is 154 Å². The number of hydrogen-bond acceptors (Lipinski definition) is 6. The monoisotopic (exact) mass is 374 g/mol. The van der Waals surface area contributed by atoms with Crippen molar-refractivity contribution in [2.24, 2.45) is 0 Å². The van der Waals surface area contributed by atoms with Gasteiger partial charge in [-0.15, -0.1) is 22.7 Å². The standard InChI is InChI=1S/C18H18N2O3S2/c1-12-20-14(11-24-12)17-8-7-13(25-17)9-19-18(21)10-23-16-6-4-3-5-15(16)22-2/h3-8,11H,9-10H2,1-2H3,(H,19,21). The van der Waals surface area contributed by atoms with E-state index in [0.717, 1.165) is 20.5 Å². The summed E-state index contributed by atoms with van der Waals surface area (Å²) in [4.78, 5) is 18.7. The van der Waals surface area contributed by atoms with Crippen molar-refractivity contribution in [3.8, 4) is 22.1 Å². The average molecular weight is 374 g/mol. The van der Waals surface area contributed by atoms with Crippen molar-refractivity contribution in [1.29, 1.82) is 0 Å². The molecular formula is C18H18N2O3S2. The van der Waals surface area contributed by atoms with Crippen molar-refractivity contribution in [1.82, 2.24) is 10.3 Å². The quantitative estimate of drug-likeness (QED) is 0.682. The highest BCUT2D eigenvalue weighted by Gasteiger charge is 2.09. The maximum Gasteiger partial charge on any atom is 0.258 e. The lowest BCUT2D eigenvalue weighted by Gasteiger charge is -2.10. The molecular weight excluding hydrogens is 356 g/mol. The van der Waals surface area contributed by atoms with E-state index in [1.807, 2.05) is 36.6 Å². The van der Waals surface area contributed by atoms with Crippen LogP contribution in [0.15, 0.2) is 41.8 Å². The minimum Gasteiger partial charge on any atom is -0.493 e. The summed E-state index contributed by atoms with van der Waals surface area (Å²) in [5.41, 5.74) is 0.990. The summed E-state index contributed by atoms with van der Waals surface area (Å²) < 4.78 is 10.7. The van der Waals surface area contributed by atoms with Crippen LogP contribution in [0.4, 0.5) is 0 Å². The Balaban J connectivity index is 1.50. The fraction of sp³-hybridized carbons (Fsp3) is 0.222. The number of ether oxygens (including phenoxy) is 2. The SMILES string of the molecule is COc1ccccc1OCC(=O)NCc1ccc(-c2csc(C)n2)s1. The molecule has 0 saturated carbocycles. The molecule has 0 bridgehead atoms. The van der Waals surface area contributed by atoms with Gasteiger partial charge in [0.2, 0.25) is 0 Å². The molecule has 0 aliphatic heterocycles. The van der Waals surface area contributed by atoms with Crippen molar-refractivity contribution in [3.05, 3.63) is 51.7 Å². The zero-order valence-electron chi connectivity index (χ0n) is 13.9. The van der Waals surface area contributed by atoms with Gasteiger partial charge in [0.15, 0.2) is 18.1 Å². The number of amides is 1. The number of benzene rings is 1. The highest BCUT2D eigenvalue weighted by atomic mass is 32.1. The van der Waals surface area contributed by atoms with E-state index in [-0.39, 0.29) is 12.5 Å². The minimum atomic E-state index is -0.176. The maximum absolute atomic E-state index is 12.0. The van der Waals surface area contributed by atoms with Crippen LogP contribution in [-0.4, -0.2) is 24.6 Å². The largest absolute Gasteiger partial charge is 0.493 e. The third-order valence-corrected chi connectivity index (χ3v) is 5.30. The van der Waals surface area contributed by atoms with Gasteiger partial charge in [0.25, 0.3) is 5.91 Å². The number of thiazole rings is 1. The van der Waals surface area contributed by atoms with Gasteiger partial charge in [-0.05, 0) is 31.2 Å². The van der Waals surface area contributed by atoms with Crippen LogP contribution < -0.4 is 14.8 Å². The molecule has 2 aromatic heterocycles. The molecule has 0 radical (unpaired) electrons. The van der Waals surface area contributed by atoms with Gasteiger partial charge in [0.05, 0.1) is 29.2 Å². The van der Waals surface area contributed by atoms with Crippen molar-refractivity contribution in [2.45, 2.75) is 13.5 Å². The second-order valence-electron chi connectivity index (χ2n) is 5.23. The van der Waals surface area contributed by atoms with Crippen LogP contribution in [0.5, 0.6) is 11.5 Å². The van der Waals surface area contributed by atoms with Crippen molar-refractivity contribution in [3.63, 3.8) is 0 Å². The number of methoxy groups -OCH3 is 1. The van der Waals surface area contributed by atoms with Crippen molar-refractivity contribution < 1.29 is 14.3 Å². The molecule has 1 aromatic carbocycles. The smallest absolute Gasteiger partial charge is 0.258 e. The van der Waals surface area contributed by atoms with E-state index < -0.39 is 0 Å². The number of aryl methyl sites for hydroxylation is 1. The molecule has 130 valence electrons. The Hall–Kier alpha value is -2.38. The number of para-hydroxylation sites is 2. The van der Waals surface area contributed by atoms with Gasteiger partial charge >= 0.3 is 0 Å². The molecule has 1 N–H and O–H groups in total. The number of hydrogen-bond donors (Lipinski definition) is 1. The average Bonchev–Trinajstić information content (AvgIpc) is 3.27. The predicted octanol–water partition coefficient (Wildman–Crippen LogP) is 3.88. The molecule has 0 spiro atoms. The van der Waals surface area contributed by atoms with E-state index in [1.165, 1.54) is 0 Å². The number of rotatable bonds is 7. The van der Waals surface area contributed by atoms with Crippen LogP contribution >= 0.6 is 22.7 Å². The summed E-state index contributed by atoms with van der Waals surface area (Å²) >= 11 is 3.26. The first-order valence-corrected chi connectivity index (χ1v) is 9.39. The Kier molecular flexibility index (Phi) is 5.67. The Morgan fingerprint density at radius 3 is 2.72 bits per heavy atom. The highest BCUT2D eigenvalue weighted by Crippen LogP contribution is 2.29. The second kappa shape index (κ2) is 8.13. The molecule has 0 saturated heterocycles. The topological polar surface area (TPSA) is 60.5 Å². The Morgan fingerprint density at radius 2 is 2.00 bits per heavy atom. The molecule has 3 rings (SSSR count). The van der Waals surface area contributed by atoms with Crippen LogP contribution in [0.2, 0.25) is 0 Å². The number of thiophene rings is 1. The molecule has 5 nitrogen and oxygen atoms in total. The highest BCUT2D eigenvalue weighted by molar-refractivity contribution is 7.16. The van der Waals surface area contributed by atoms with E-state index in [9.17, 15) is 4.79 Å². The van der Waals surface area contributed by atoms with E-state index in [1.54, 1.807) is 41.9 Å². The van der Waals surface area contributed by atoms with Crippen LogP contribution in [-0.2, 0) is 11.3 Å². The third-order valence-electron chi connectivity index (χ3n) is 3.42. The van der Waals surface area contributed by atoms with Crippen LogP contribution in [0.25, 0.3) is 10.6 Å². The first-order valence-electron chi connectivity index (χ1n) is 7.69. The lowest BCUT2D eigenvalue weighted by Crippen LogP contribution is -2.28. The number of carbonyl (C=O) groups excluding carboxylic acids is 1. The minimum absolute atomic E-state index is 0.0517. The van der Waals surface area contributed by atoms with Crippen molar-refractivity contribution >= 4 is 28.6 Å². The van der Waals surface area contributed by atoms with Crippen molar-refractivity contribution in [2.75, 3.05) is 13.7 Å². The van der Waals surface area contributed by atoms with E-state index in [4.69, 9.17) is 9.47 Å². The fourth-order valence-corrected chi connectivity index (χ4v) is 3.80. The molecule has 25 heavy (non-hydrogen) atoms. The maximum atomic E-state index is 12.0. The Morgan fingerprint density at radius 1 is 1.20 bits per heavy atom. The Bertz CT molecular complexity index is 857. The summed E-state index contributed by atoms with van der Waals surface area (Å²) in [7, 11) is 1.57. The lowest BCUT2D eigenvalue weighted by molar-refractivity contribution is -0.123. The van der Waals surface area contributed by atoms with Gasteiger partial charge in [0, 0.05) is 10.3 Å². The molecule has 2 heterocycles. The summed E-state index contributed by atoms with van der Waals surface area (Å²) in [5.74, 6) is 0.986. The molecule has 7 heteroatoms. The fourth-order valence-electron chi connectivity index (χ4n) is 2.21. The van der Waals surface area contributed by atoms with Crippen LogP contribution in [0, 0.1) is 6.92 Å². The second-order valence-corrected chi connectivity index (χ2v) is 7.46. The number of nitrogens with zero attached hydrogens (tertiary/aromatic N) is 1. The first-order chi connectivity index (χ1) is 12.2. The summed E-state index contributed by atoms with van der Waals surface area (Å²) in [6.45, 7) is 2.41. The van der Waals surface area contributed by atoms with E-state index >= 15 is 0 Å². The van der Waals surface area contributed by atoms with Crippen LogP contribution in [0.3, 0.4) is 0 Å². The van der Waals surface area contributed by atoms with E-state index in [0.29, 0.717) is 18.0 Å². The number of nitrogens with one attached hydrogen (secondary N) is 1. The predicted molar refractivity (Wildman–Crippen MR) is 100 cm³/mol. The van der Waals surface area contributed by atoms with Crippen LogP contribution in [0.1, 0.15) is 9.88 Å². The molecule has 0 fully saturated rings. The van der Waals surface area contributed by atoms with Gasteiger partial charge in [-0.1, -0.05) is 12.1 Å². The number of aromatic nitrogens is 1. The molecule has 0 aliphatic carbocycles. The third kappa shape index (κ3) is 4.58. The molecule has 0 aliphatic rings. The van der Waals surface area contributed by atoms with Gasteiger partial charge in [-0.25, -0.2) is 4.98 Å². The molecule has 0 unspecified atom stereocenters. The summed E-state index contributed by atoms with van der Waals surface area (Å²) in [5, 5.41) is 5.96. The van der Waals surface area contributed by atoms with Gasteiger partial charge in [-0.2, -0.15) is 0 Å². The summed E-state index contributed by atoms with van der Waals surface area (Å²) in [6.07, 6.45) is 0. The number of carbonyl (C=O) groups is 1. The first kappa shape index (κ1) is 17.4. The van der Waals surface area contributed by atoms with E-state index in [2.05, 4.69) is 10.3 Å². The normalized spacial score (nSPS) is 10.5. The zero-order chi connectivity index (χ0) is 17.6. The molecule has 3 aromatic rings. The summed E-state index contributed by atoms with van der Waals surface area (Å²) in [6, 6.07) is 11.3.